The van der Waals surface area contributed by atoms with Crippen LogP contribution in [0.15, 0.2) is 59.7 Å². The van der Waals surface area contributed by atoms with Crippen molar-refractivity contribution in [3.05, 3.63) is 65.7 Å². The third kappa shape index (κ3) is 5.51. The molecule has 0 radical (unpaired) electrons. The smallest absolute Gasteiger partial charge is 0.260 e. The lowest BCUT2D eigenvalue weighted by atomic mass is 9.48. The van der Waals surface area contributed by atoms with E-state index in [2.05, 4.69) is 34.8 Å². The van der Waals surface area contributed by atoms with E-state index in [0.717, 1.165) is 36.1 Å². The molecule has 1 amide bonds. The molecule has 4 bridgehead atoms. The van der Waals surface area contributed by atoms with Crippen molar-refractivity contribution in [3.63, 3.8) is 0 Å². The zero-order chi connectivity index (χ0) is 25.3. The van der Waals surface area contributed by atoms with E-state index >= 15 is 0 Å². The molecule has 36 heavy (non-hydrogen) atoms. The largest absolute Gasteiger partial charge is 0.271 e. The van der Waals surface area contributed by atoms with Crippen LogP contribution >= 0.6 is 0 Å². The number of sulfonamides is 1. The monoisotopic (exact) mass is 507 g/mol. The van der Waals surface area contributed by atoms with Gasteiger partial charge in [-0.2, -0.15) is 5.10 Å². The van der Waals surface area contributed by atoms with Crippen LogP contribution in [0.3, 0.4) is 0 Å². The van der Waals surface area contributed by atoms with Gasteiger partial charge in [0.25, 0.3) is 5.91 Å². The SMILES string of the molecule is C/C(CCc1ccccc1)=N/NC(=O)CN(c1ccc(C23CC4CC(CC(C4)C2)C3)cc1)S(C)(=O)=O. The molecule has 0 saturated heterocycles. The highest BCUT2D eigenvalue weighted by atomic mass is 32.2. The standard InChI is InChI=1S/C29H37N3O3S/c1-21(8-9-22-6-4-3-5-7-22)30-31-28(33)20-32(36(2,34)35)27-12-10-26(11-13-27)29-17-23-14-24(18-29)16-25(15-23)19-29/h3-7,10-13,23-25H,8-9,14-20H2,1-2H3,(H,31,33)/b30-21-. The van der Waals surface area contributed by atoms with E-state index in [-0.39, 0.29) is 12.0 Å². The zero-order valence-electron chi connectivity index (χ0n) is 21.3. The van der Waals surface area contributed by atoms with Gasteiger partial charge < -0.3 is 0 Å². The number of nitrogens with one attached hydrogen (secondary N) is 1. The highest BCUT2D eigenvalue weighted by Crippen LogP contribution is 2.60. The molecule has 4 aliphatic carbocycles. The first-order valence-electron chi connectivity index (χ1n) is 13.1. The first-order valence-corrected chi connectivity index (χ1v) is 15.0. The summed E-state index contributed by atoms with van der Waals surface area (Å²) in [6.45, 7) is 1.56. The van der Waals surface area contributed by atoms with E-state index in [4.69, 9.17) is 0 Å². The number of hydrazone groups is 1. The molecule has 4 saturated carbocycles. The third-order valence-corrected chi connectivity index (χ3v) is 9.62. The number of hydrogen-bond donors (Lipinski definition) is 1. The predicted octanol–water partition coefficient (Wildman–Crippen LogP) is 5.05. The van der Waals surface area contributed by atoms with Crippen LogP contribution < -0.4 is 9.73 Å². The molecule has 1 N–H and O–H groups in total. The highest BCUT2D eigenvalue weighted by molar-refractivity contribution is 7.92. The molecule has 0 aliphatic heterocycles. The predicted molar refractivity (Wildman–Crippen MR) is 144 cm³/mol. The number of amides is 1. The van der Waals surface area contributed by atoms with Gasteiger partial charge in [-0.1, -0.05) is 42.5 Å². The number of benzene rings is 2. The Bertz CT molecular complexity index is 1190. The van der Waals surface area contributed by atoms with E-state index < -0.39 is 15.9 Å². The number of rotatable bonds is 9. The maximum absolute atomic E-state index is 12.6. The van der Waals surface area contributed by atoms with E-state index in [0.29, 0.717) is 12.1 Å². The maximum Gasteiger partial charge on any atom is 0.260 e. The summed E-state index contributed by atoms with van der Waals surface area (Å²) in [4.78, 5) is 12.6. The van der Waals surface area contributed by atoms with Gasteiger partial charge in [-0.3, -0.25) is 9.10 Å². The third-order valence-electron chi connectivity index (χ3n) is 8.48. The van der Waals surface area contributed by atoms with Gasteiger partial charge in [0.15, 0.2) is 0 Å². The molecule has 7 heteroatoms. The summed E-state index contributed by atoms with van der Waals surface area (Å²) in [6, 6.07) is 18.0. The Hall–Kier alpha value is -2.67. The summed E-state index contributed by atoms with van der Waals surface area (Å²) in [5.41, 5.74) is 6.64. The van der Waals surface area contributed by atoms with Crippen molar-refractivity contribution in [2.45, 2.75) is 63.7 Å². The number of nitrogens with zero attached hydrogens (tertiary/aromatic N) is 2. The van der Waals surface area contributed by atoms with E-state index in [9.17, 15) is 13.2 Å². The zero-order valence-corrected chi connectivity index (χ0v) is 22.1. The lowest BCUT2D eigenvalue weighted by Gasteiger charge is -2.57. The Morgan fingerprint density at radius 3 is 2.11 bits per heavy atom. The Morgan fingerprint density at radius 1 is 0.972 bits per heavy atom. The second-order valence-corrected chi connectivity index (χ2v) is 13.3. The number of anilines is 1. The highest BCUT2D eigenvalue weighted by Gasteiger charge is 2.51. The molecule has 2 aromatic rings. The van der Waals surface area contributed by atoms with Gasteiger partial charge in [-0.05, 0) is 105 Å². The van der Waals surface area contributed by atoms with Gasteiger partial charge in [0, 0.05) is 5.71 Å². The minimum atomic E-state index is -3.63. The minimum absolute atomic E-state index is 0.257. The van der Waals surface area contributed by atoms with Crippen molar-refractivity contribution < 1.29 is 13.2 Å². The summed E-state index contributed by atoms with van der Waals surface area (Å²) in [5.74, 6) is 2.10. The van der Waals surface area contributed by atoms with Crippen LogP contribution in [0.25, 0.3) is 0 Å². The maximum atomic E-state index is 12.6. The van der Waals surface area contributed by atoms with Gasteiger partial charge in [0.2, 0.25) is 10.0 Å². The fraction of sp³-hybridized carbons (Fsp3) is 0.517. The van der Waals surface area contributed by atoms with Crippen LogP contribution in [-0.2, 0) is 26.7 Å². The van der Waals surface area contributed by atoms with Crippen molar-refractivity contribution >= 4 is 27.3 Å². The molecule has 0 aromatic heterocycles. The molecule has 192 valence electrons. The Labute approximate surface area is 215 Å². The van der Waals surface area contributed by atoms with Crippen molar-refractivity contribution in [1.29, 1.82) is 0 Å². The molecule has 0 unspecified atom stereocenters. The van der Waals surface area contributed by atoms with E-state index in [1.54, 1.807) is 0 Å². The lowest BCUT2D eigenvalue weighted by Crippen LogP contribution is -2.48. The van der Waals surface area contributed by atoms with Crippen LogP contribution in [0.5, 0.6) is 0 Å². The number of hydrogen-bond acceptors (Lipinski definition) is 4. The topological polar surface area (TPSA) is 78.8 Å². The fourth-order valence-corrected chi connectivity index (χ4v) is 8.05. The van der Waals surface area contributed by atoms with Crippen LogP contribution in [0.2, 0.25) is 0 Å². The number of carbonyl (C=O) groups is 1. The van der Waals surface area contributed by atoms with Gasteiger partial charge in [0.1, 0.15) is 6.54 Å². The second-order valence-electron chi connectivity index (χ2n) is 11.4. The van der Waals surface area contributed by atoms with Crippen LogP contribution in [-0.4, -0.2) is 32.8 Å². The van der Waals surface area contributed by atoms with E-state index in [1.807, 2.05) is 37.3 Å². The van der Waals surface area contributed by atoms with Crippen molar-refractivity contribution in [1.82, 2.24) is 5.43 Å². The van der Waals surface area contributed by atoms with Gasteiger partial charge >= 0.3 is 0 Å². The molecule has 4 fully saturated rings. The summed E-state index contributed by atoms with van der Waals surface area (Å²) in [5, 5.41) is 4.18. The van der Waals surface area contributed by atoms with Crippen LogP contribution in [0, 0.1) is 17.8 Å². The van der Waals surface area contributed by atoms with Crippen molar-refractivity contribution in [2.75, 3.05) is 17.1 Å². The summed E-state index contributed by atoms with van der Waals surface area (Å²) in [7, 11) is -3.63. The van der Waals surface area contributed by atoms with Crippen molar-refractivity contribution in [3.8, 4) is 0 Å². The minimum Gasteiger partial charge on any atom is -0.271 e. The summed E-state index contributed by atoms with van der Waals surface area (Å²) < 4.78 is 26.3. The normalized spacial score (nSPS) is 27.2. The molecule has 0 heterocycles. The number of aryl methyl sites for hydroxylation is 1. The Morgan fingerprint density at radius 2 is 1.56 bits per heavy atom. The molecular weight excluding hydrogens is 470 g/mol. The molecule has 6 rings (SSSR count). The van der Waals surface area contributed by atoms with Crippen LogP contribution in [0.4, 0.5) is 5.69 Å². The molecule has 2 aromatic carbocycles. The summed E-state index contributed by atoms with van der Waals surface area (Å²) in [6.07, 6.45) is 10.6. The quantitative estimate of drug-likeness (QED) is 0.381. The molecular formula is C29H37N3O3S. The molecule has 0 spiro atoms. The molecule has 0 atom stereocenters. The molecule has 6 nitrogen and oxygen atoms in total. The molecule has 4 aliphatic rings. The van der Waals surface area contributed by atoms with Gasteiger partial charge in [-0.25, -0.2) is 13.8 Å². The van der Waals surface area contributed by atoms with Gasteiger partial charge in [0.05, 0.1) is 11.9 Å². The Balaban J connectivity index is 1.23. The first-order chi connectivity index (χ1) is 17.2. The Kier molecular flexibility index (Phi) is 6.95. The average Bonchev–Trinajstić information content (AvgIpc) is 2.84. The number of carbonyl (C=O) groups excluding carboxylic acids is 1. The van der Waals surface area contributed by atoms with Gasteiger partial charge in [-0.15, -0.1) is 0 Å². The lowest BCUT2D eigenvalue weighted by molar-refractivity contribution is -0.119. The van der Waals surface area contributed by atoms with Crippen molar-refractivity contribution in [2.24, 2.45) is 22.9 Å². The fourth-order valence-electron chi connectivity index (χ4n) is 7.19. The van der Waals surface area contributed by atoms with Crippen LogP contribution in [0.1, 0.15) is 63.0 Å². The average molecular weight is 508 g/mol. The second kappa shape index (κ2) is 10.0. The van der Waals surface area contributed by atoms with E-state index in [1.165, 1.54) is 54.0 Å². The first kappa shape index (κ1) is 25.0. The summed E-state index contributed by atoms with van der Waals surface area (Å²) >= 11 is 0.